The molecule has 1 aromatic rings. The molecule has 100 valence electrons. The molecule has 2 N–H and O–H groups in total. The average molecular weight is 247 g/mol. The van der Waals surface area contributed by atoms with Gasteiger partial charge in [-0.25, -0.2) is 0 Å². The summed E-state index contributed by atoms with van der Waals surface area (Å²) in [6, 6.07) is 8.77. The summed E-state index contributed by atoms with van der Waals surface area (Å²) in [4.78, 5) is 10.9. The summed E-state index contributed by atoms with van der Waals surface area (Å²) in [5.74, 6) is -0.236. The third kappa shape index (κ3) is 5.35. The van der Waals surface area contributed by atoms with E-state index in [1.807, 2.05) is 6.92 Å². The van der Waals surface area contributed by atoms with Crippen molar-refractivity contribution >= 4 is 5.91 Å². The molecule has 0 aliphatic heterocycles. The zero-order chi connectivity index (χ0) is 13.4. The highest BCUT2D eigenvalue weighted by Crippen LogP contribution is 2.12. The number of rotatable bonds is 8. The maximum Gasteiger partial charge on any atom is 0.220 e. The molecule has 1 atom stereocenters. The molecule has 0 saturated carbocycles. The minimum Gasteiger partial charge on any atom is -0.369 e. The van der Waals surface area contributed by atoms with Crippen LogP contribution in [0.1, 0.15) is 50.7 Å². The Morgan fingerprint density at radius 2 is 1.67 bits per heavy atom. The number of hydrogen-bond donors (Lipinski definition) is 1. The van der Waals surface area contributed by atoms with E-state index in [2.05, 4.69) is 31.2 Å². The number of aryl methyl sites for hydroxylation is 2. The van der Waals surface area contributed by atoms with Crippen molar-refractivity contribution in [2.45, 2.75) is 52.4 Å². The van der Waals surface area contributed by atoms with Crippen LogP contribution < -0.4 is 5.73 Å². The Hall–Kier alpha value is -1.31. The second-order valence-electron chi connectivity index (χ2n) is 5.12. The molecule has 0 unspecified atom stereocenters. The van der Waals surface area contributed by atoms with E-state index in [4.69, 9.17) is 5.73 Å². The summed E-state index contributed by atoms with van der Waals surface area (Å²) in [5.41, 5.74) is 7.96. The second kappa shape index (κ2) is 7.91. The summed E-state index contributed by atoms with van der Waals surface area (Å²) in [6.07, 6.45) is 6.78. The van der Waals surface area contributed by atoms with E-state index in [0.717, 1.165) is 12.8 Å². The lowest BCUT2D eigenvalue weighted by Crippen LogP contribution is -2.20. The first-order valence-electron chi connectivity index (χ1n) is 7.00. The Bertz CT molecular complexity index is 356. The van der Waals surface area contributed by atoms with Crippen LogP contribution in [0.15, 0.2) is 24.3 Å². The highest BCUT2D eigenvalue weighted by molar-refractivity contribution is 5.76. The van der Waals surface area contributed by atoms with Crippen molar-refractivity contribution in [2.75, 3.05) is 0 Å². The number of amides is 1. The van der Waals surface area contributed by atoms with E-state index in [9.17, 15) is 4.79 Å². The largest absolute Gasteiger partial charge is 0.369 e. The van der Waals surface area contributed by atoms with Crippen molar-refractivity contribution < 1.29 is 4.79 Å². The van der Waals surface area contributed by atoms with Crippen LogP contribution in [0, 0.1) is 5.92 Å². The molecular formula is C16H25NO. The van der Waals surface area contributed by atoms with Crippen molar-refractivity contribution in [1.82, 2.24) is 0 Å². The SMILES string of the molecule is CCCCCc1ccc(CC[C@H](C)C(N)=O)cc1. The topological polar surface area (TPSA) is 43.1 Å². The van der Waals surface area contributed by atoms with Crippen LogP contribution in [0.2, 0.25) is 0 Å². The lowest BCUT2D eigenvalue weighted by atomic mass is 9.99. The molecule has 18 heavy (non-hydrogen) atoms. The molecule has 0 radical (unpaired) electrons. The zero-order valence-electron chi connectivity index (χ0n) is 11.6. The third-order valence-corrected chi connectivity index (χ3v) is 3.44. The molecule has 0 aliphatic rings. The van der Waals surface area contributed by atoms with Gasteiger partial charge in [-0.15, -0.1) is 0 Å². The molecule has 0 aromatic heterocycles. The van der Waals surface area contributed by atoms with E-state index in [1.165, 1.54) is 36.8 Å². The summed E-state index contributed by atoms with van der Waals surface area (Å²) in [7, 11) is 0. The van der Waals surface area contributed by atoms with Crippen LogP contribution in [0.3, 0.4) is 0 Å². The van der Waals surface area contributed by atoms with Gasteiger partial charge in [-0.3, -0.25) is 4.79 Å². The maximum atomic E-state index is 10.9. The molecular weight excluding hydrogens is 222 g/mol. The quantitative estimate of drug-likeness (QED) is 0.702. The van der Waals surface area contributed by atoms with Crippen LogP contribution in [-0.2, 0) is 17.6 Å². The van der Waals surface area contributed by atoms with Gasteiger partial charge in [-0.2, -0.15) is 0 Å². The highest BCUT2D eigenvalue weighted by Gasteiger charge is 2.08. The van der Waals surface area contributed by atoms with Crippen LogP contribution in [-0.4, -0.2) is 5.91 Å². The van der Waals surface area contributed by atoms with Crippen LogP contribution in [0.5, 0.6) is 0 Å². The van der Waals surface area contributed by atoms with Gasteiger partial charge in [0.25, 0.3) is 0 Å². The summed E-state index contributed by atoms with van der Waals surface area (Å²) in [6.45, 7) is 4.12. The van der Waals surface area contributed by atoms with E-state index in [-0.39, 0.29) is 11.8 Å². The van der Waals surface area contributed by atoms with Crippen molar-refractivity contribution in [3.05, 3.63) is 35.4 Å². The highest BCUT2D eigenvalue weighted by atomic mass is 16.1. The fraction of sp³-hybridized carbons (Fsp3) is 0.562. The van der Waals surface area contributed by atoms with E-state index in [0.29, 0.717) is 0 Å². The van der Waals surface area contributed by atoms with Gasteiger partial charge in [0.05, 0.1) is 0 Å². The first kappa shape index (κ1) is 14.7. The fourth-order valence-electron chi connectivity index (χ4n) is 1.98. The molecule has 0 bridgehead atoms. The average Bonchev–Trinajstić information content (AvgIpc) is 2.37. The molecule has 1 amide bonds. The molecule has 1 rings (SSSR count). The van der Waals surface area contributed by atoms with Crippen LogP contribution in [0.4, 0.5) is 0 Å². The first-order valence-corrected chi connectivity index (χ1v) is 7.00. The number of benzene rings is 1. The van der Waals surface area contributed by atoms with Gasteiger partial charge >= 0.3 is 0 Å². The summed E-state index contributed by atoms with van der Waals surface area (Å²) >= 11 is 0. The summed E-state index contributed by atoms with van der Waals surface area (Å²) < 4.78 is 0. The summed E-state index contributed by atoms with van der Waals surface area (Å²) in [5, 5.41) is 0. The number of primary amides is 1. The van der Waals surface area contributed by atoms with Gasteiger partial charge in [0.1, 0.15) is 0 Å². The van der Waals surface area contributed by atoms with E-state index >= 15 is 0 Å². The Balaban J connectivity index is 2.38. The lowest BCUT2D eigenvalue weighted by molar-refractivity contribution is -0.121. The maximum absolute atomic E-state index is 10.9. The van der Waals surface area contributed by atoms with E-state index in [1.54, 1.807) is 0 Å². The molecule has 0 saturated heterocycles. The van der Waals surface area contributed by atoms with Crippen molar-refractivity contribution in [3.63, 3.8) is 0 Å². The number of unbranched alkanes of at least 4 members (excludes halogenated alkanes) is 2. The Morgan fingerprint density at radius 3 is 2.17 bits per heavy atom. The monoisotopic (exact) mass is 247 g/mol. The van der Waals surface area contributed by atoms with Crippen LogP contribution in [0.25, 0.3) is 0 Å². The normalized spacial score (nSPS) is 12.3. The number of carbonyl (C=O) groups is 1. The minimum atomic E-state index is -0.203. The molecule has 1 aromatic carbocycles. The van der Waals surface area contributed by atoms with Gasteiger partial charge in [0, 0.05) is 5.92 Å². The van der Waals surface area contributed by atoms with Gasteiger partial charge in [-0.1, -0.05) is 51.0 Å². The van der Waals surface area contributed by atoms with Gasteiger partial charge in [0.15, 0.2) is 0 Å². The molecule has 0 spiro atoms. The Labute approximate surface area is 111 Å². The predicted molar refractivity (Wildman–Crippen MR) is 76.4 cm³/mol. The fourth-order valence-corrected chi connectivity index (χ4v) is 1.98. The number of nitrogens with two attached hydrogens (primary N) is 1. The number of carbonyl (C=O) groups excluding carboxylic acids is 1. The molecule has 2 nitrogen and oxygen atoms in total. The van der Waals surface area contributed by atoms with Crippen LogP contribution >= 0.6 is 0 Å². The lowest BCUT2D eigenvalue weighted by Gasteiger charge is -2.07. The van der Waals surface area contributed by atoms with Crippen molar-refractivity contribution in [2.24, 2.45) is 11.7 Å². The first-order chi connectivity index (χ1) is 8.63. The van der Waals surface area contributed by atoms with Gasteiger partial charge < -0.3 is 5.73 Å². The third-order valence-electron chi connectivity index (χ3n) is 3.44. The predicted octanol–water partition coefficient (Wildman–Crippen LogP) is 3.47. The van der Waals surface area contributed by atoms with Crippen molar-refractivity contribution in [3.8, 4) is 0 Å². The molecule has 0 fully saturated rings. The Kier molecular flexibility index (Phi) is 6.48. The van der Waals surface area contributed by atoms with Gasteiger partial charge in [-0.05, 0) is 36.8 Å². The minimum absolute atomic E-state index is 0.0331. The zero-order valence-corrected chi connectivity index (χ0v) is 11.6. The smallest absolute Gasteiger partial charge is 0.220 e. The molecule has 0 aliphatic carbocycles. The second-order valence-corrected chi connectivity index (χ2v) is 5.12. The Morgan fingerprint density at radius 1 is 1.11 bits per heavy atom. The van der Waals surface area contributed by atoms with Gasteiger partial charge in [0.2, 0.25) is 5.91 Å². The molecule has 0 heterocycles. The van der Waals surface area contributed by atoms with E-state index < -0.39 is 0 Å². The van der Waals surface area contributed by atoms with Crippen molar-refractivity contribution in [1.29, 1.82) is 0 Å². The molecule has 2 heteroatoms. The standard InChI is InChI=1S/C16H25NO/c1-3-4-5-6-14-9-11-15(12-10-14)8-7-13(2)16(17)18/h9-13H,3-8H2,1-2H3,(H2,17,18)/t13-/m0/s1. The number of hydrogen-bond acceptors (Lipinski definition) is 1.